The number of fused-ring (bicyclic) bond motifs is 1. The van der Waals surface area contributed by atoms with Crippen LogP contribution >= 0.6 is 0 Å². The monoisotopic (exact) mass is 340 g/mol. The molecule has 14 heteroatoms. The number of hydrogen-bond donors (Lipinski definition) is 6. The lowest BCUT2D eigenvalue weighted by Crippen LogP contribution is -2.46. The number of nitrogens with zero attached hydrogens (tertiary/aromatic N) is 6. The van der Waals surface area contributed by atoms with E-state index >= 15 is 0 Å². The topological polar surface area (TPSA) is 228 Å². The first-order valence-corrected chi connectivity index (χ1v) is 6.48. The van der Waals surface area contributed by atoms with E-state index in [4.69, 9.17) is 16.0 Å². The fourth-order valence-electron chi connectivity index (χ4n) is 2.53. The van der Waals surface area contributed by atoms with Gasteiger partial charge in [0.1, 0.15) is 12.4 Å². The van der Waals surface area contributed by atoms with Crippen molar-refractivity contribution in [3.63, 3.8) is 0 Å². The second-order valence-electron chi connectivity index (χ2n) is 5.08. The number of nitrogens with one attached hydrogen (secondary N) is 1. The number of imidazole rings is 1. The molecule has 0 aromatic carbocycles. The summed E-state index contributed by atoms with van der Waals surface area (Å²) < 4.78 is 5.77. The number of H-pyrrole nitrogens is 1. The van der Waals surface area contributed by atoms with Crippen LogP contribution < -0.4 is 11.3 Å². The van der Waals surface area contributed by atoms with Crippen LogP contribution in [-0.2, 0) is 10.6 Å². The number of anilines is 1. The molecule has 0 saturated carbocycles. The molecular formula is C10H12N8O6. The summed E-state index contributed by atoms with van der Waals surface area (Å²) in [6.07, 6.45) is -3.18. The number of nitrogen functional groups attached to an aromatic ring is 1. The highest BCUT2D eigenvalue weighted by Crippen LogP contribution is 2.41. The first-order chi connectivity index (χ1) is 11.3. The molecule has 3 heterocycles. The van der Waals surface area contributed by atoms with Gasteiger partial charge in [0.2, 0.25) is 11.7 Å². The predicted octanol–water partition coefficient (Wildman–Crippen LogP) is -2.94. The maximum Gasteiger partial charge on any atom is 0.285 e. The van der Waals surface area contributed by atoms with Gasteiger partial charge in [-0.25, -0.2) is 4.98 Å². The SMILES string of the molecule is [N-]=[N+]=N[C@]1(CO)O[C@@](O)(n2cnc3nc(N)[nH]c(=O)c32)[C@H](O)[C@@H]1O. The van der Waals surface area contributed by atoms with E-state index in [1.807, 2.05) is 0 Å². The minimum absolute atomic E-state index is 0.166. The van der Waals surface area contributed by atoms with Crippen LogP contribution in [0.1, 0.15) is 0 Å². The Bertz CT molecular complexity index is 904. The van der Waals surface area contributed by atoms with E-state index < -0.39 is 36.0 Å². The Morgan fingerprint density at radius 3 is 2.88 bits per heavy atom. The Morgan fingerprint density at radius 1 is 1.54 bits per heavy atom. The summed E-state index contributed by atoms with van der Waals surface area (Å²) in [6.45, 7) is -1.05. The van der Waals surface area contributed by atoms with Crippen molar-refractivity contribution < 1.29 is 25.2 Å². The van der Waals surface area contributed by atoms with Crippen LogP contribution in [0.15, 0.2) is 16.2 Å². The molecule has 2 aromatic rings. The number of ether oxygens (including phenoxy) is 1. The van der Waals surface area contributed by atoms with Crippen molar-refractivity contribution in [3.8, 4) is 0 Å². The zero-order valence-electron chi connectivity index (χ0n) is 11.8. The number of aliphatic hydroxyl groups excluding tert-OH is 3. The lowest BCUT2D eigenvalue weighted by atomic mass is 10.1. The Kier molecular flexibility index (Phi) is 3.45. The average Bonchev–Trinajstić information content (AvgIpc) is 3.04. The molecule has 0 unspecified atom stereocenters. The highest BCUT2D eigenvalue weighted by molar-refractivity contribution is 5.70. The molecule has 1 fully saturated rings. The smallest absolute Gasteiger partial charge is 0.285 e. The third-order valence-electron chi connectivity index (χ3n) is 3.69. The van der Waals surface area contributed by atoms with Crippen LogP contribution in [0.25, 0.3) is 21.6 Å². The molecule has 0 bridgehead atoms. The number of azide groups is 1. The van der Waals surface area contributed by atoms with Gasteiger partial charge in [0.05, 0.1) is 6.61 Å². The Morgan fingerprint density at radius 2 is 2.25 bits per heavy atom. The molecule has 4 atom stereocenters. The number of aromatic nitrogens is 4. The lowest BCUT2D eigenvalue weighted by molar-refractivity contribution is -0.305. The number of aromatic amines is 1. The molecule has 0 radical (unpaired) electrons. The van der Waals surface area contributed by atoms with Gasteiger partial charge >= 0.3 is 0 Å². The Labute approximate surface area is 131 Å². The third-order valence-corrected chi connectivity index (χ3v) is 3.69. The molecule has 1 saturated heterocycles. The molecule has 128 valence electrons. The van der Waals surface area contributed by atoms with E-state index in [1.165, 1.54) is 0 Å². The normalized spacial score (nSPS) is 32.8. The van der Waals surface area contributed by atoms with Crippen LogP contribution in [-0.4, -0.2) is 64.5 Å². The molecule has 24 heavy (non-hydrogen) atoms. The highest BCUT2D eigenvalue weighted by Gasteiger charge is 2.63. The quantitative estimate of drug-likeness (QED) is 0.190. The van der Waals surface area contributed by atoms with Gasteiger partial charge in [-0.05, 0) is 5.53 Å². The van der Waals surface area contributed by atoms with Gasteiger partial charge in [-0.2, -0.15) is 4.98 Å². The largest absolute Gasteiger partial charge is 0.393 e. The predicted molar refractivity (Wildman–Crippen MR) is 74.8 cm³/mol. The van der Waals surface area contributed by atoms with E-state index in [0.29, 0.717) is 4.57 Å². The second-order valence-corrected chi connectivity index (χ2v) is 5.08. The maximum absolute atomic E-state index is 12.0. The van der Waals surface area contributed by atoms with Crippen LogP contribution in [0.3, 0.4) is 0 Å². The molecule has 1 aliphatic heterocycles. The van der Waals surface area contributed by atoms with E-state index in [0.717, 1.165) is 6.33 Å². The molecule has 1 aliphatic rings. The molecular weight excluding hydrogens is 328 g/mol. The Balaban J connectivity index is 2.22. The summed E-state index contributed by atoms with van der Waals surface area (Å²) in [5.41, 5.74) is 10.3. The van der Waals surface area contributed by atoms with E-state index in [2.05, 4.69) is 25.0 Å². The van der Waals surface area contributed by atoms with Gasteiger partial charge in [0.25, 0.3) is 11.5 Å². The number of aliphatic hydroxyl groups is 4. The summed E-state index contributed by atoms with van der Waals surface area (Å²) in [6, 6.07) is 0. The summed E-state index contributed by atoms with van der Waals surface area (Å²) >= 11 is 0. The Hall–Kier alpha value is -2.74. The van der Waals surface area contributed by atoms with Gasteiger partial charge in [-0.15, -0.1) is 0 Å². The van der Waals surface area contributed by atoms with Gasteiger partial charge in [-0.3, -0.25) is 14.3 Å². The van der Waals surface area contributed by atoms with Crippen LogP contribution in [0.5, 0.6) is 0 Å². The zero-order valence-corrected chi connectivity index (χ0v) is 11.8. The van der Waals surface area contributed by atoms with Crippen molar-refractivity contribution in [1.82, 2.24) is 19.5 Å². The first kappa shape index (κ1) is 16.1. The minimum Gasteiger partial charge on any atom is -0.393 e. The summed E-state index contributed by atoms with van der Waals surface area (Å²) in [5.74, 6) is -2.99. The van der Waals surface area contributed by atoms with Gasteiger partial charge in [0.15, 0.2) is 17.3 Å². The third kappa shape index (κ3) is 1.96. The van der Waals surface area contributed by atoms with Crippen LogP contribution in [0.4, 0.5) is 5.95 Å². The van der Waals surface area contributed by atoms with Crippen LogP contribution in [0, 0.1) is 0 Å². The van der Waals surface area contributed by atoms with E-state index in [1.54, 1.807) is 0 Å². The molecule has 0 amide bonds. The molecule has 3 rings (SSSR count). The molecule has 14 nitrogen and oxygen atoms in total. The van der Waals surface area contributed by atoms with Gasteiger partial charge in [-0.1, -0.05) is 5.11 Å². The first-order valence-electron chi connectivity index (χ1n) is 6.48. The average molecular weight is 340 g/mol. The van der Waals surface area contributed by atoms with Crippen molar-refractivity contribution >= 4 is 17.1 Å². The second kappa shape index (κ2) is 5.13. The van der Waals surface area contributed by atoms with Crippen molar-refractivity contribution in [2.75, 3.05) is 12.3 Å². The molecule has 0 aliphatic carbocycles. The van der Waals surface area contributed by atoms with Crippen molar-refractivity contribution in [2.24, 2.45) is 5.11 Å². The zero-order chi connectivity index (χ0) is 17.7. The summed E-state index contributed by atoms with van der Waals surface area (Å²) in [4.78, 5) is 24.1. The minimum atomic E-state index is -2.77. The highest BCUT2D eigenvalue weighted by atomic mass is 16.7. The van der Waals surface area contributed by atoms with Crippen molar-refractivity contribution in [3.05, 3.63) is 27.1 Å². The maximum atomic E-state index is 12.0. The van der Waals surface area contributed by atoms with Crippen LogP contribution in [0.2, 0.25) is 0 Å². The van der Waals surface area contributed by atoms with Crippen molar-refractivity contribution in [2.45, 2.75) is 23.8 Å². The van der Waals surface area contributed by atoms with Crippen molar-refractivity contribution in [1.29, 1.82) is 0 Å². The van der Waals surface area contributed by atoms with E-state index in [9.17, 15) is 25.2 Å². The molecule has 7 N–H and O–H groups in total. The molecule has 2 aromatic heterocycles. The number of hydrogen-bond acceptors (Lipinski definition) is 10. The molecule has 0 spiro atoms. The number of rotatable bonds is 3. The lowest BCUT2D eigenvalue weighted by Gasteiger charge is -2.28. The fourth-order valence-corrected chi connectivity index (χ4v) is 2.53. The van der Waals surface area contributed by atoms with Gasteiger partial charge < -0.3 is 30.9 Å². The fraction of sp³-hybridized carbons (Fsp3) is 0.500. The number of nitrogens with two attached hydrogens (primary N) is 1. The summed E-state index contributed by atoms with van der Waals surface area (Å²) in [5, 5.41) is 43.4. The summed E-state index contributed by atoms with van der Waals surface area (Å²) in [7, 11) is 0. The van der Waals surface area contributed by atoms with Gasteiger partial charge in [0, 0.05) is 4.91 Å². The standard InChI is InChI=1S/C10H12N8O6/c11-8-14-6-3(7(22)15-8)18(2-13-6)10(23)5(21)4(20)9(1-19,24-10)16-17-12/h2,4-5,19-21,23H,1H2,(H3,11,14,15,22)/t4-,5+,9+,10+/m0/s1. The van der Waals surface area contributed by atoms with E-state index in [-0.39, 0.29) is 17.1 Å².